The maximum absolute atomic E-state index is 13.1. The van der Waals surface area contributed by atoms with Gasteiger partial charge in [-0.05, 0) is 61.3 Å². The van der Waals surface area contributed by atoms with E-state index in [1.165, 1.54) is 17.5 Å². The highest BCUT2D eigenvalue weighted by Gasteiger charge is 2.35. The van der Waals surface area contributed by atoms with E-state index in [-0.39, 0.29) is 23.7 Å². The lowest BCUT2D eigenvalue weighted by molar-refractivity contribution is -0.130. The van der Waals surface area contributed by atoms with Gasteiger partial charge in [0.1, 0.15) is 0 Å². The van der Waals surface area contributed by atoms with E-state index in [1.807, 2.05) is 6.07 Å². The Morgan fingerprint density at radius 3 is 2.60 bits per heavy atom. The number of nitrogens with zero attached hydrogens (tertiary/aromatic N) is 1. The van der Waals surface area contributed by atoms with E-state index in [0.29, 0.717) is 32.0 Å². The van der Waals surface area contributed by atoms with Crippen molar-refractivity contribution in [3.05, 3.63) is 29.3 Å². The van der Waals surface area contributed by atoms with E-state index in [0.717, 1.165) is 38.0 Å². The molecule has 1 aromatic rings. The Bertz CT molecular complexity index is 734. The van der Waals surface area contributed by atoms with Gasteiger partial charge in [-0.1, -0.05) is 19.9 Å². The Labute approximate surface area is 180 Å². The lowest BCUT2D eigenvalue weighted by Gasteiger charge is -2.37. The Morgan fingerprint density at radius 1 is 1.13 bits per heavy atom. The third kappa shape index (κ3) is 6.29. The molecule has 6 heteroatoms. The second kappa shape index (κ2) is 10.9. The Hall–Kier alpha value is -1.92. The van der Waals surface area contributed by atoms with Crippen molar-refractivity contribution in [1.29, 1.82) is 0 Å². The molecule has 1 fully saturated rings. The summed E-state index contributed by atoms with van der Waals surface area (Å²) in [5.74, 6) is 0.235. The van der Waals surface area contributed by atoms with Crippen LogP contribution < -0.4 is 10.6 Å². The molecule has 2 aliphatic rings. The standard InChI is InChI=1S/C24H37N3O3/c1-17(2)14-27-15-20(23(28)25-10-5-11-30-3)12-21(16-27)24(29)26-22-9-8-18-6-4-7-19(18)13-22/h8-9,13,17,20-21H,4-7,10-12,14-16H2,1-3H3,(H,25,28)(H,26,29)/t20-,21+/m0/s1. The molecule has 1 aliphatic carbocycles. The third-order valence-electron chi connectivity index (χ3n) is 6.08. The molecule has 1 aromatic carbocycles. The Morgan fingerprint density at radius 2 is 1.87 bits per heavy atom. The van der Waals surface area contributed by atoms with Crippen LogP contribution in [0, 0.1) is 17.8 Å². The van der Waals surface area contributed by atoms with Crippen LogP contribution in [0.1, 0.15) is 44.2 Å². The van der Waals surface area contributed by atoms with Crippen molar-refractivity contribution in [2.24, 2.45) is 17.8 Å². The topological polar surface area (TPSA) is 70.7 Å². The van der Waals surface area contributed by atoms with Crippen LogP contribution in [0.25, 0.3) is 0 Å². The normalized spacial score (nSPS) is 21.5. The average molecular weight is 416 g/mol. The molecule has 30 heavy (non-hydrogen) atoms. The molecule has 2 amide bonds. The van der Waals surface area contributed by atoms with Crippen LogP contribution in [0.5, 0.6) is 0 Å². The molecule has 6 nitrogen and oxygen atoms in total. The lowest BCUT2D eigenvalue weighted by atomic mass is 9.87. The smallest absolute Gasteiger partial charge is 0.228 e. The molecular formula is C24H37N3O3. The number of anilines is 1. The number of fused-ring (bicyclic) bond motifs is 1. The van der Waals surface area contributed by atoms with Gasteiger partial charge in [0.05, 0.1) is 11.8 Å². The molecule has 1 aliphatic heterocycles. The fraction of sp³-hybridized carbons (Fsp3) is 0.667. The highest BCUT2D eigenvalue weighted by Crippen LogP contribution is 2.27. The SMILES string of the molecule is COCCCNC(=O)[C@H]1C[C@@H](C(=O)Nc2ccc3c(c2)CCC3)CN(CC(C)C)C1. The van der Waals surface area contributed by atoms with Gasteiger partial charge in [-0.15, -0.1) is 0 Å². The molecule has 0 unspecified atom stereocenters. The van der Waals surface area contributed by atoms with Crippen LogP contribution >= 0.6 is 0 Å². The Balaban J connectivity index is 1.62. The van der Waals surface area contributed by atoms with E-state index >= 15 is 0 Å². The highest BCUT2D eigenvalue weighted by atomic mass is 16.5. The molecule has 0 saturated carbocycles. The second-order valence-corrected chi connectivity index (χ2v) is 9.21. The first-order valence-corrected chi connectivity index (χ1v) is 11.4. The van der Waals surface area contributed by atoms with Gasteiger partial charge in [-0.3, -0.25) is 9.59 Å². The van der Waals surface area contributed by atoms with Gasteiger partial charge in [0, 0.05) is 45.6 Å². The van der Waals surface area contributed by atoms with E-state index < -0.39 is 0 Å². The van der Waals surface area contributed by atoms with E-state index in [9.17, 15) is 9.59 Å². The lowest BCUT2D eigenvalue weighted by Crippen LogP contribution is -2.50. The summed E-state index contributed by atoms with van der Waals surface area (Å²) in [6.07, 6.45) is 4.82. The van der Waals surface area contributed by atoms with Gasteiger partial charge in [0.15, 0.2) is 0 Å². The highest BCUT2D eigenvalue weighted by molar-refractivity contribution is 5.93. The number of likely N-dealkylation sites (tertiary alicyclic amines) is 1. The number of aryl methyl sites for hydroxylation is 2. The largest absolute Gasteiger partial charge is 0.385 e. The third-order valence-corrected chi connectivity index (χ3v) is 6.08. The molecule has 0 bridgehead atoms. The minimum atomic E-state index is -0.180. The van der Waals surface area contributed by atoms with Crippen molar-refractivity contribution in [3.8, 4) is 0 Å². The summed E-state index contributed by atoms with van der Waals surface area (Å²) in [5.41, 5.74) is 3.63. The summed E-state index contributed by atoms with van der Waals surface area (Å²) in [6.45, 7) is 7.92. The summed E-state index contributed by atoms with van der Waals surface area (Å²) in [4.78, 5) is 28.1. The predicted octanol–water partition coefficient (Wildman–Crippen LogP) is 2.86. The number of ether oxygens (including phenoxy) is 1. The van der Waals surface area contributed by atoms with Gasteiger partial charge in [-0.25, -0.2) is 0 Å². The number of nitrogens with one attached hydrogen (secondary N) is 2. The minimum Gasteiger partial charge on any atom is -0.385 e. The molecule has 3 rings (SSSR count). The first-order chi connectivity index (χ1) is 14.5. The molecule has 166 valence electrons. The molecule has 2 N–H and O–H groups in total. The first kappa shape index (κ1) is 22.8. The second-order valence-electron chi connectivity index (χ2n) is 9.21. The number of amides is 2. The zero-order chi connectivity index (χ0) is 21.5. The molecule has 1 heterocycles. The Kier molecular flexibility index (Phi) is 8.28. The fourth-order valence-electron chi connectivity index (χ4n) is 4.70. The summed E-state index contributed by atoms with van der Waals surface area (Å²) in [7, 11) is 1.66. The molecule has 0 aromatic heterocycles. The first-order valence-electron chi connectivity index (χ1n) is 11.4. The molecule has 1 saturated heterocycles. The average Bonchev–Trinajstić information content (AvgIpc) is 3.18. The number of hydrogen-bond donors (Lipinski definition) is 2. The van der Waals surface area contributed by atoms with Crippen molar-refractivity contribution >= 4 is 17.5 Å². The van der Waals surface area contributed by atoms with Crippen LogP contribution in [-0.4, -0.2) is 56.6 Å². The zero-order valence-electron chi connectivity index (χ0n) is 18.7. The number of hydrogen-bond acceptors (Lipinski definition) is 4. The van der Waals surface area contributed by atoms with Crippen LogP contribution in [0.3, 0.4) is 0 Å². The van der Waals surface area contributed by atoms with Crippen molar-refractivity contribution in [1.82, 2.24) is 10.2 Å². The molecular weight excluding hydrogens is 378 g/mol. The van der Waals surface area contributed by atoms with E-state index in [4.69, 9.17) is 4.74 Å². The van der Waals surface area contributed by atoms with E-state index in [1.54, 1.807) is 7.11 Å². The number of methoxy groups -OCH3 is 1. The van der Waals surface area contributed by atoms with Gasteiger partial charge in [-0.2, -0.15) is 0 Å². The zero-order valence-corrected chi connectivity index (χ0v) is 18.7. The van der Waals surface area contributed by atoms with Crippen LogP contribution in [-0.2, 0) is 27.2 Å². The van der Waals surface area contributed by atoms with Crippen molar-refractivity contribution in [3.63, 3.8) is 0 Å². The van der Waals surface area contributed by atoms with Gasteiger partial charge >= 0.3 is 0 Å². The number of benzene rings is 1. The fourth-order valence-corrected chi connectivity index (χ4v) is 4.70. The van der Waals surface area contributed by atoms with Crippen molar-refractivity contribution in [2.45, 2.75) is 46.0 Å². The summed E-state index contributed by atoms with van der Waals surface area (Å²) >= 11 is 0. The maximum Gasteiger partial charge on any atom is 0.228 e. The monoisotopic (exact) mass is 415 g/mol. The number of carbonyl (C=O) groups is 2. The molecule has 2 atom stereocenters. The van der Waals surface area contributed by atoms with Gasteiger partial charge < -0.3 is 20.3 Å². The minimum absolute atomic E-state index is 0.0265. The molecule has 0 spiro atoms. The van der Waals surface area contributed by atoms with Gasteiger partial charge in [0.2, 0.25) is 11.8 Å². The van der Waals surface area contributed by atoms with Crippen LogP contribution in [0.15, 0.2) is 18.2 Å². The van der Waals surface area contributed by atoms with Crippen molar-refractivity contribution in [2.75, 3.05) is 45.2 Å². The van der Waals surface area contributed by atoms with E-state index in [2.05, 4.69) is 41.5 Å². The maximum atomic E-state index is 13.1. The quantitative estimate of drug-likeness (QED) is 0.609. The number of piperidine rings is 1. The van der Waals surface area contributed by atoms with Crippen molar-refractivity contribution < 1.29 is 14.3 Å². The summed E-state index contributed by atoms with van der Waals surface area (Å²) < 4.78 is 5.05. The summed E-state index contributed by atoms with van der Waals surface area (Å²) in [5, 5.41) is 6.14. The van der Waals surface area contributed by atoms with Crippen LogP contribution in [0.4, 0.5) is 5.69 Å². The molecule has 0 radical (unpaired) electrons. The predicted molar refractivity (Wildman–Crippen MR) is 119 cm³/mol. The number of rotatable bonds is 9. The summed E-state index contributed by atoms with van der Waals surface area (Å²) in [6, 6.07) is 6.27. The van der Waals surface area contributed by atoms with Crippen LogP contribution in [0.2, 0.25) is 0 Å². The number of carbonyl (C=O) groups excluding carboxylic acids is 2. The van der Waals surface area contributed by atoms with Gasteiger partial charge in [0.25, 0.3) is 0 Å².